The quantitative estimate of drug-likeness (QED) is 0.721. The Morgan fingerprint density at radius 2 is 2.00 bits per heavy atom. The van der Waals surface area contributed by atoms with E-state index in [0.717, 1.165) is 16.9 Å². The second kappa shape index (κ2) is 5.08. The van der Waals surface area contributed by atoms with Crippen LogP contribution in [-0.4, -0.2) is 25.7 Å². The first-order chi connectivity index (χ1) is 9.74. The van der Waals surface area contributed by atoms with Crippen molar-refractivity contribution in [2.24, 2.45) is 0 Å². The summed E-state index contributed by atoms with van der Waals surface area (Å²) in [5.41, 5.74) is 2.75. The highest BCUT2D eigenvalue weighted by atomic mass is 16.4. The lowest BCUT2D eigenvalue weighted by Gasteiger charge is -2.03. The Balaban J connectivity index is 1.91. The van der Waals surface area contributed by atoms with E-state index in [1.807, 2.05) is 41.2 Å². The highest BCUT2D eigenvalue weighted by Crippen LogP contribution is 2.17. The van der Waals surface area contributed by atoms with Gasteiger partial charge in [0.2, 0.25) is 0 Å². The average Bonchev–Trinajstić information content (AvgIpc) is 2.94. The molecule has 3 rings (SSSR count). The molecule has 0 amide bonds. The van der Waals surface area contributed by atoms with E-state index < -0.39 is 5.97 Å². The number of rotatable bonds is 4. The summed E-state index contributed by atoms with van der Waals surface area (Å²) in [5.74, 6) is -0.797. The molecular formula is C14H13N4O2+. The van der Waals surface area contributed by atoms with Crippen LogP contribution in [0.5, 0.6) is 0 Å². The molecule has 6 nitrogen and oxygen atoms in total. The van der Waals surface area contributed by atoms with Crippen molar-refractivity contribution in [1.82, 2.24) is 14.6 Å². The van der Waals surface area contributed by atoms with E-state index in [1.165, 1.54) is 0 Å². The van der Waals surface area contributed by atoms with Gasteiger partial charge in [0.15, 0.2) is 24.6 Å². The molecule has 0 aliphatic heterocycles. The molecule has 3 aromatic heterocycles. The van der Waals surface area contributed by atoms with Crippen LogP contribution in [0.15, 0.2) is 49.1 Å². The summed E-state index contributed by atoms with van der Waals surface area (Å²) in [7, 11) is 0. The molecule has 0 aliphatic rings. The number of hydrogen-bond acceptors (Lipinski definition) is 3. The third kappa shape index (κ3) is 2.35. The number of hydrogen-bond donors (Lipinski definition) is 1. The molecule has 0 saturated carbocycles. The average molecular weight is 269 g/mol. The van der Waals surface area contributed by atoms with Crippen LogP contribution in [-0.2, 0) is 11.3 Å². The normalized spacial score (nSPS) is 10.8. The van der Waals surface area contributed by atoms with Crippen LogP contribution in [0.2, 0.25) is 0 Å². The van der Waals surface area contributed by atoms with Gasteiger partial charge in [0.05, 0.1) is 11.9 Å². The number of nitrogens with zero attached hydrogens (tertiary/aromatic N) is 4. The monoisotopic (exact) mass is 269 g/mol. The third-order valence-corrected chi connectivity index (χ3v) is 3.06. The van der Waals surface area contributed by atoms with Crippen molar-refractivity contribution in [3.8, 4) is 11.3 Å². The van der Waals surface area contributed by atoms with E-state index in [2.05, 4.69) is 10.1 Å². The molecule has 0 unspecified atom stereocenters. The molecule has 1 N–H and O–H groups in total. The molecule has 0 bridgehead atoms. The van der Waals surface area contributed by atoms with Crippen molar-refractivity contribution in [1.29, 1.82) is 0 Å². The summed E-state index contributed by atoms with van der Waals surface area (Å²) in [5, 5.41) is 12.9. The summed E-state index contributed by atoms with van der Waals surface area (Å²) >= 11 is 0. The fourth-order valence-electron chi connectivity index (χ4n) is 2.05. The van der Waals surface area contributed by atoms with Gasteiger partial charge in [-0.05, 0) is 6.07 Å². The summed E-state index contributed by atoms with van der Waals surface area (Å²) in [4.78, 5) is 14.8. The van der Waals surface area contributed by atoms with Gasteiger partial charge in [0, 0.05) is 30.0 Å². The van der Waals surface area contributed by atoms with Crippen LogP contribution in [0, 0.1) is 0 Å². The fourth-order valence-corrected chi connectivity index (χ4v) is 2.05. The summed E-state index contributed by atoms with van der Waals surface area (Å²) in [6.07, 6.45) is 7.31. The molecule has 3 aromatic rings. The van der Waals surface area contributed by atoms with Crippen molar-refractivity contribution < 1.29 is 14.5 Å². The second-order valence-electron chi connectivity index (χ2n) is 4.40. The summed E-state index contributed by atoms with van der Waals surface area (Å²) in [6, 6.07) is 7.63. The number of aromatic nitrogens is 4. The standard InChI is InChI=1S/C14H12N4O2/c19-14(20)5-10-17-8-3-11(4-9-17)12-1-6-15-13-2-7-16-18(12)13/h1-4,6-9H,5,10H2/p+1. The van der Waals surface area contributed by atoms with Crippen molar-refractivity contribution in [2.75, 3.05) is 0 Å². The van der Waals surface area contributed by atoms with E-state index in [-0.39, 0.29) is 6.42 Å². The molecule has 100 valence electrons. The zero-order valence-corrected chi connectivity index (χ0v) is 10.7. The minimum absolute atomic E-state index is 0.114. The lowest BCUT2D eigenvalue weighted by atomic mass is 10.2. The van der Waals surface area contributed by atoms with E-state index >= 15 is 0 Å². The van der Waals surface area contributed by atoms with Crippen LogP contribution >= 0.6 is 0 Å². The van der Waals surface area contributed by atoms with Crippen molar-refractivity contribution in [3.05, 3.63) is 49.1 Å². The lowest BCUT2D eigenvalue weighted by Crippen LogP contribution is -2.33. The molecular weight excluding hydrogens is 256 g/mol. The first-order valence-corrected chi connectivity index (χ1v) is 6.24. The molecule has 0 aliphatic carbocycles. The van der Waals surface area contributed by atoms with E-state index in [0.29, 0.717) is 6.54 Å². The minimum Gasteiger partial charge on any atom is -0.481 e. The highest BCUT2D eigenvalue weighted by Gasteiger charge is 2.08. The molecule has 20 heavy (non-hydrogen) atoms. The van der Waals surface area contributed by atoms with Crippen LogP contribution in [0.4, 0.5) is 0 Å². The van der Waals surface area contributed by atoms with Crippen molar-refractivity contribution >= 4 is 11.6 Å². The zero-order valence-electron chi connectivity index (χ0n) is 10.7. The van der Waals surface area contributed by atoms with Crippen molar-refractivity contribution in [2.45, 2.75) is 13.0 Å². The van der Waals surface area contributed by atoms with Crippen LogP contribution in [0.1, 0.15) is 6.42 Å². The zero-order chi connectivity index (χ0) is 13.9. The van der Waals surface area contributed by atoms with E-state index in [9.17, 15) is 4.79 Å². The Labute approximate surface area is 114 Å². The largest absolute Gasteiger partial charge is 0.481 e. The van der Waals surface area contributed by atoms with Gasteiger partial charge in [-0.1, -0.05) is 0 Å². The van der Waals surface area contributed by atoms with Gasteiger partial charge in [0.1, 0.15) is 6.42 Å². The molecule has 0 aromatic carbocycles. The number of aryl methyl sites for hydroxylation is 1. The van der Waals surface area contributed by atoms with Crippen molar-refractivity contribution in [3.63, 3.8) is 0 Å². The molecule has 6 heteroatoms. The van der Waals surface area contributed by atoms with Gasteiger partial charge in [-0.15, -0.1) is 0 Å². The van der Waals surface area contributed by atoms with Gasteiger partial charge >= 0.3 is 5.97 Å². The van der Waals surface area contributed by atoms with Crippen LogP contribution < -0.4 is 4.57 Å². The summed E-state index contributed by atoms with van der Waals surface area (Å²) in [6.45, 7) is 0.461. The van der Waals surface area contributed by atoms with Gasteiger partial charge in [-0.25, -0.2) is 14.1 Å². The molecule has 3 heterocycles. The van der Waals surface area contributed by atoms with Gasteiger partial charge in [0.25, 0.3) is 0 Å². The number of carbonyl (C=O) groups is 1. The first kappa shape index (κ1) is 12.3. The molecule has 0 spiro atoms. The van der Waals surface area contributed by atoms with E-state index in [4.69, 9.17) is 5.11 Å². The van der Waals surface area contributed by atoms with Gasteiger partial charge in [-0.2, -0.15) is 5.10 Å². The summed E-state index contributed by atoms with van der Waals surface area (Å²) < 4.78 is 3.62. The van der Waals surface area contributed by atoms with E-state index in [1.54, 1.807) is 16.9 Å². The Kier molecular flexibility index (Phi) is 3.12. The molecule has 0 radical (unpaired) electrons. The fraction of sp³-hybridized carbons (Fsp3) is 0.143. The number of fused-ring (bicyclic) bond motifs is 1. The van der Waals surface area contributed by atoms with Gasteiger partial charge < -0.3 is 5.11 Å². The third-order valence-electron chi connectivity index (χ3n) is 3.06. The second-order valence-corrected chi connectivity index (χ2v) is 4.40. The molecule has 0 atom stereocenters. The number of carboxylic acid groups (broad SMARTS) is 1. The number of pyridine rings is 1. The number of carboxylic acids is 1. The maximum Gasteiger partial charge on any atom is 0.309 e. The Hall–Kier alpha value is -2.76. The predicted octanol–water partition coefficient (Wildman–Crippen LogP) is 1.16. The first-order valence-electron chi connectivity index (χ1n) is 6.24. The Morgan fingerprint density at radius 3 is 2.75 bits per heavy atom. The SMILES string of the molecule is O=C(O)CC[n+]1ccc(-c2ccnc3ccnn23)cc1. The highest BCUT2D eigenvalue weighted by molar-refractivity contribution is 5.66. The maximum atomic E-state index is 10.5. The van der Waals surface area contributed by atoms with Crippen LogP contribution in [0.25, 0.3) is 16.9 Å². The molecule has 0 fully saturated rings. The molecule has 0 saturated heterocycles. The Morgan fingerprint density at radius 1 is 1.20 bits per heavy atom. The van der Waals surface area contributed by atoms with Crippen LogP contribution in [0.3, 0.4) is 0 Å². The topological polar surface area (TPSA) is 71.4 Å². The minimum atomic E-state index is -0.797. The Bertz CT molecular complexity index is 749. The maximum absolute atomic E-state index is 10.5. The smallest absolute Gasteiger partial charge is 0.309 e. The number of aliphatic carboxylic acids is 1. The van der Waals surface area contributed by atoms with Gasteiger partial charge in [-0.3, -0.25) is 4.79 Å². The predicted molar refractivity (Wildman–Crippen MR) is 70.9 cm³/mol. The lowest BCUT2D eigenvalue weighted by molar-refractivity contribution is -0.695.